The number of halogens is 3. The summed E-state index contributed by atoms with van der Waals surface area (Å²) in [5.41, 5.74) is 4.00. The number of aliphatic hydroxyl groups excluding tert-OH is 1. The lowest BCUT2D eigenvalue weighted by Crippen LogP contribution is -2.18. The normalized spacial score (nSPS) is 18.3. The van der Waals surface area contributed by atoms with Crippen LogP contribution in [0.25, 0.3) is 11.1 Å². The minimum absolute atomic E-state index is 0.0300. The van der Waals surface area contributed by atoms with Crippen LogP contribution >= 0.6 is 0 Å². The Morgan fingerprint density at radius 1 is 0.794 bits per heavy atom. The highest BCUT2D eigenvalue weighted by molar-refractivity contribution is 5.64. The van der Waals surface area contributed by atoms with Crippen LogP contribution in [0.1, 0.15) is 60.8 Å². The van der Waals surface area contributed by atoms with E-state index in [-0.39, 0.29) is 24.4 Å². The molecule has 4 rings (SSSR count). The van der Waals surface area contributed by atoms with Gasteiger partial charge in [0.25, 0.3) is 0 Å². The van der Waals surface area contributed by atoms with Crippen molar-refractivity contribution in [3.63, 3.8) is 0 Å². The number of rotatable bonds is 8. The molecule has 0 saturated heterocycles. The maximum Gasteiger partial charge on any atom is 0.162 e. The van der Waals surface area contributed by atoms with Gasteiger partial charge in [0.1, 0.15) is 5.82 Å². The predicted molar refractivity (Wildman–Crippen MR) is 128 cm³/mol. The summed E-state index contributed by atoms with van der Waals surface area (Å²) in [4.78, 5) is 0. The van der Waals surface area contributed by atoms with E-state index in [4.69, 9.17) is 4.74 Å². The van der Waals surface area contributed by atoms with Crippen molar-refractivity contribution in [2.75, 3.05) is 6.61 Å². The molecule has 1 saturated carbocycles. The average Bonchev–Trinajstić information content (AvgIpc) is 2.85. The summed E-state index contributed by atoms with van der Waals surface area (Å²) >= 11 is 0. The van der Waals surface area contributed by atoms with Gasteiger partial charge >= 0.3 is 0 Å². The van der Waals surface area contributed by atoms with Crippen LogP contribution in [0.4, 0.5) is 13.2 Å². The van der Waals surface area contributed by atoms with E-state index < -0.39 is 11.6 Å². The van der Waals surface area contributed by atoms with Crippen LogP contribution in [0.3, 0.4) is 0 Å². The second-order valence-corrected chi connectivity index (χ2v) is 9.09. The van der Waals surface area contributed by atoms with E-state index in [1.54, 1.807) is 18.2 Å². The first-order valence-corrected chi connectivity index (χ1v) is 12.1. The fourth-order valence-electron chi connectivity index (χ4n) is 4.70. The predicted octanol–water partition coefficient (Wildman–Crippen LogP) is 7.11. The molecule has 180 valence electrons. The molecule has 3 aromatic carbocycles. The first-order chi connectivity index (χ1) is 16.5. The Labute approximate surface area is 199 Å². The molecule has 0 radical (unpaired) electrons. The molecule has 0 bridgehead atoms. The van der Waals surface area contributed by atoms with Gasteiger partial charge < -0.3 is 9.84 Å². The standard InChI is InChI=1S/C29H31F3O2/c1-2-34-18-24-10-9-23(17-27(24)30)20-6-3-19(4-7-20)5-8-22-13-16-26(29(32)28(22)31)21-11-14-25(33)15-12-21/h3-4,6-7,9-10,13,16-17,21,25,33H,2,5,8,11-12,14-15,18H2,1H3. The van der Waals surface area contributed by atoms with Crippen molar-refractivity contribution in [2.24, 2.45) is 0 Å². The second kappa shape index (κ2) is 11.2. The van der Waals surface area contributed by atoms with Gasteiger partial charge in [-0.3, -0.25) is 0 Å². The largest absolute Gasteiger partial charge is 0.393 e. The van der Waals surface area contributed by atoms with Crippen molar-refractivity contribution >= 4 is 0 Å². The number of aryl methyl sites for hydroxylation is 2. The van der Waals surface area contributed by atoms with E-state index in [1.165, 1.54) is 6.07 Å². The van der Waals surface area contributed by atoms with Crippen LogP contribution in [0.2, 0.25) is 0 Å². The van der Waals surface area contributed by atoms with Gasteiger partial charge in [-0.05, 0) is 85.3 Å². The number of hydrogen-bond donors (Lipinski definition) is 1. The van der Waals surface area contributed by atoms with E-state index >= 15 is 0 Å². The van der Waals surface area contributed by atoms with Gasteiger partial charge in [-0.1, -0.05) is 48.5 Å². The van der Waals surface area contributed by atoms with E-state index in [0.717, 1.165) is 16.7 Å². The fraction of sp³-hybridized carbons (Fsp3) is 0.379. The lowest BCUT2D eigenvalue weighted by Gasteiger charge is -2.26. The summed E-state index contributed by atoms with van der Waals surface area (Å²) in [6, 6.07) is 16.3. The van der Waals surface area contributed by atoms with Gasteiger partial charge in [0, 0.05) is 12.2 Å². The molecule has 1 fully saturated rings. The van der Waals surface area contributed by atoms with Crippen LogP contribution < -0.4 is 0 Å². The maximum atomic E-state index is 14.8. The minimum Gasteiger partial charge on any atom is -0.393 e. The van der Waals surface area contributed by atoms with Crippen LogP contribution in [-0.2, 0) is 24.2 Å². The third-order valence-corrected chi connectivity index (χ3v) is 6.81. The van der Waals surface area contributed by atoms with Crippen molar-refractivity contribution in [1.82, 2.24) is 0 Å². The molecule has 0 heterocycles. The Morgan fingerprint density at radius 3 is 2.15 bits per heavy atom. The molecule has 34 heavy (non-hydrogen) atoms. The van der Waals surface area contributed by atoms with E-state index in [2.05, 4.69) is 0 Å². The molecule has 0 unspecified atom stereocenters. The zero-order valence-corrected chi connectivity index (χ0v) is 19.5. The quantitative estimate of drug-likeness (QED) is 0.382. The third kappa shape index (κ3) is 5.70. The smallest absolute Gasteiger partial charge is 0.162 e. The fourth-order valence-corrected chi connectivity index (χ4v) is 4.70. The number of aliphatic hydroxyl groups is 1. The monoisotopic (exact) mass is 468 g/mol. The highest BCUT2D eigenvalue weighted by Gasteiger charge is 2.25. The van der Waals surface area contributed by atoms with E-state index in [1.807, 2.05) is 37.3 Å². The zero-order valence-electron chi connectivity index (χ0n) is 19.5. The Morgan fingerprint density at radius 2 is 1.47 bits per heavy atom. The average molecular weight is 469 g/mol. The van der Waals surface area contributed by atoms with Gasteiger partial charge in [0.2, 0.25) is 0 Å². The summed E-state index contributed by atoms with van der Waals surface area (Å²) in [6.07, 6.45) is 3.28. The molecule has 0 spiro atoms. The highest BCUT2D eigenvalue weighted by atomic mass is 19.2. The van der Waals surface area contributed by atoms with Crippen molar-refractivity contribution < 1.29 is 23.0 Å². The molecule has 0 atom stereocenters. The van der Waals surface area contributed by atoms with Crippen LogP contribution in [0, 0.1) is 17.5 Å². The molecule has 1 N–H and O–H groups in total. The molecule has 1 aliphatic carbocycles. The lowest BCUT2D eigenvalue weighted by atomic mass is 9.82. The van der Waals surface area contributed by atoms with E-state index in [9.17, 15) is 18.3 Å². The number of hydrogen-bond acceptors (Lipinski definition) is 2. The molecule has 2 nitrogen and oxygen atoms in total. The topological polar surface area (TPSA) is 29.5 Å². The van der Waals surface area contributed by atoms with Gasteiger partial charge in [-0.15, -0.1) is 0 Å². The van der Waals surface area contributed by atoms with Crippen molar-refractivity contribution in [3.05, 3.63) is 94.3 Å². The SMILES string of the molecule is CCOCc1ccc(-c2ccc(CCc3ccc(C4CCC(O)CC4)c(F)c3F)cc2)cc1F. The molecule has 5 heteroatoms. The zero-order chi connectivity index (χ0) is 24.1. The van der Waals surface area contributed by atoms with Crippen molar-refractivity contribution in [1.29, 1.82) is 0 Å². The Balaban J connectivity index is 1.40. The van der Waals surface area contributed by atoms with Gasteiger partial charge in [-0.2, -0.15) is 0 Å². The molecular formula is C29H31F3O2. The maximum absolute atomic E-state index is 14.8. The van der Waals surface area contributed by atoms with Crippen molar-refractivity contribution in [3.8, 4) is 11.1 Å². The Kier molecular flexibility index (Phi) is 8.07. The molecule has 0 aliphatic heterocycles. The van der Waals surface area contributed by atoms with Crippen LogP contribution in [0.5, 0.6) is 0 Å². The molecule has 1 aliphatic rings. The number of benzene rings is 3. The van der Waals surface area contributed by atoms with Crippen LogP contribution in [0.15, 0.2) is 54.6 Å². The first-order valence-electron chi connectivity index (χ1n) is 12.1. The van der Waals surface area contributed by atoms with Gasteiger partial charge in [0.05, 0.1) is 12.7 Å². The number of ether oxygens (including phenoxy) is 1. The van der Waals surface area contributed by atoms with Crippen molar-refractivity contribution in [2.45, 2.75) is 64.1 Å². The van der Waals surface area contributed by atoms with Crippen LogP contribution in [-0.4, -0.2) is 17.8 Å². The highest BCUT2D eigenvalue weighted by Crippen LogP contribution is 2.35. The molecule has 0 amide bonds. The molecular weight excluding hydrogens is 437 g/mol. The van der Waals surface area contributed by atoms with E-state index in [0.29, 0.717) is 61.8 Å². The second-order valence-electron chi connectivity index (χ2n) is 9.09. The minimum atomic E-state index is -0.761. The third-order valence-electron chi connectivity index (χ3n) is 6.81. The molecule has 0 aromatic heterocycles. The summed E-state index contributed by atoms with van der Waals surface area (Å²) < 4.78 is 49.1. The summed E-state index contributed by atoms with van der Waals surface area (Å²) in [6.45, 7) is 2.66. The Hall–Kier alpha value is -2.63. The summed E-state index contributed by atoms with van der Waals surface area (Å²) in [7, 11) is 0. The first kappa shape index (κ1) is 24.5. The molecule has 3 aromatic rings. The van der Waals surface area contributed by atoms with Gasteiger partial charge in [0.15, 0.2) is 11.6 Å². The lowest BCUT2D eigenvalue weighted by molar-refractivity contribution is 0.122. The summed E-state index contributed by atoms with van der Waals surface area (Å²) in [5, 5.41) is 9.66. The summed E-state index contributed by atoms with van der Waals surface area (Å²) in [5.74, 6) is -1.83. The van der Waals surface area contributed by atoms with Gasteiger partial charge in [-0.25, -0.2) is 13.2 Å². The Bertz CT molecular complexity index is 1100.